The summed E-state index contributed by atoms with van der Waals surface area (Å²) < 4.78 is 0. The van der Waals surface area contributed by atoms with Gasteiger partial charge < -0.3 is 10.6 Å². The van der Waals surface area contributed by atoms with Gasteiger partial charge in [-0.15, -0.1) is 0 Å². The predicted octanol–water partition coefficient (Wildman–Crippen LogP) is 3.93. The molecule has 0 bridgehead atoms. The molecule has 1 aliphatic heterocycles. The van der Waals surface area contributed by atoms with Gasteiger partial charge in [-0.3, -0.25) is 4.79 Å². The van der Waals surface area contributed by atoms with E-state index in [9.17, 15) is 4.79 Å². The molecule has 1 unspecified atom stereocenters. The molecule has 4 heteroatoms. The van der Waals surface area contributed by atoms with E-state index in [0.717, 1.165) is 29.8 Å². The van der Waals surface area contributed by atoms with Crippen LogP contribution in [0.3, 0.4) is 0 Å². The average molecular weight is 299 g/mol. The molecule has 1 atom stereocenters. The molecular formula is C17H15ClN2O. The van der Waals surface area contributed by atoms with Gasteiger partial charge in [0, 0.05) is 5.69 Å². The fourth-order valence-corrected chi connectivity index (χ4v) is 3.47. The number of rotatable bonds is 2. The van der Waals surface area contributed by atoms with Crippen molar-refractivity contribution in [3.63, 3.8) is 0 Å². The van der Waals surface area contributed by atoms with Crippen molar-refractivity contribution in [1.82, 2.24) is 0 Å². The van der Waals surface area contributed by atoms with Crippen molar-refractivity contribution in [1.29, 1.82) is 0 Å². The summed E-state index contributed by atoms with van der Waals surface area (Å²) in [6, 6.07) is 12.6. The Hall–Kier alpha value is -2.00. The van der Waals surface area contributed by atoms with E-state index in [0.29, 0.717) is 17.5 Å². The van der Waals surface area contributed by atoms with Crippen LogP contribution in [0.4, 0.5) is 11.4 Å². The zero-order chi connectivity index (χ0) is 14.4. The van der Waals surface area contributed by atoms with E-state index < -0.39 is 0 Å². The molecule has 21 heavy (non-hydrogen) atoms. The van der Waals surface area contributed by atoms with Gasteiger partial charge in [-0.1, -0.05) is 35.9 Å². The molecule has 2 aromatic rings. The fraction of sp³-hybridized carbons (Fsp3) is 0.235. The summed E-state index contributed by atoms with van der Waals surface area (Å²) in [5.74, 6) is 0.0319. The highest BCUT2D eigenvalue weighted by Crippen LogP contribution is 2.38. The number of aryl methyl sites for hydroxylation is 1. The molecule has 1 heterocycles. The molecule has 0 saturated carbocycles. The maximum atomic E-state index is 11.5. The molecule has 0 spiro atoms. The largest absolute Gasteiger partial charge is 0.377 e. The monoisotopic (exact) mass is 298 g/mol. The minimum atomic E-state index is 0.0319. The Morgan fingerprint density at radius 1 is 1.19 bits per heavy atom. The summed E-state index contributed by atoms with van der Waals surface area (Å²) in [5, 5.41) is 7.02. The van der Waals surface area contributed by atoms with E-state index in [-0.39, 0.29) is 5.91 Å². The lowest BCUT2D eigenvalue weighted by Gasteiger charge is -2.17. The molecular weight excluding hydrogens is 284 g/mol. The highest BCUT2D eigenvalue weighted by Gasteiger charge is 2.24. The maximum absolute atomic E-state index is 11.5. The normalized spacial score (nSPS) is 19.1. The number of hydrogen-bond donors (Lipinski definition) is 2. The van der Waals surface area contributed by atoms with Crippen molar-refractivity contribution in [2.75, 3.05) is 10.6 Å². The number of halogens is 1. The maximum Gasteiger partial charge on any atom is 0.228 e. The van der Waals surface area contributed by atoms with Gasteiger partial charge in [0.05, 0.1) is 23.2 Å². The number of carbonyl (C=O) groups is 1. The Morgan fingerprint density at radius 3 is 2.95 bits per heavy atom. The van der Waals surface area contributed by atoms with Crippen molar-refractivity contribution in [2.24, 2.45) is 0 Å². The fourth-order valence-electron chi connectivity index (χ4n) is 3.25. The molecule has 3 nitrogen and oxygen atoms in total. The highest BCUT2D eigenvalue weighted by atomic mass is 35.5. The van der Waals surface area contributed by atoms with Crippen LogP contribution in [0.15, 0.2) is 36.4 Å². The number of anilines is 2. The number of hydrogen-bond acceptors (Lipinski definition) is 2. The standard InChI is InChI=1S/C17H15ClN2O/c18-13-9-15-11(8-17(21)20-15)7-16(13)19-14-6-5-10-3-1-2-4-12(10)14/h1-4,7,9,14,19H,5-6,8H2,(H,20,21). The summed E-state index contributed by atoms with van der Waals surface area (Å²) in [7, 11) is 0. The summed E-state index contributed by atoms with van der Waals surface area (Å²) >= 11 is 6.35. The van der Waals surface area contributed by atoms with E-state index in [4.69, 9.17) is 11.6 Å². The van der Waals surface area contributed by atoms with E-state index in [2.05, 4.69) is 34.9 Å². The Morgan fingerprint density at radius 2 is 2.05 bits per heavy atom. The van der Waals surface area contributed by atoms with Crippen LogP contribution >= 0.6 is 11.6 Å². The van der Waals surface area contributed by atoms with Crippen molar-refractivity contribution in [3.8, 4) is 0 Å². The van der Waals surface area contributed by atoms with E-state index in [1.807, 2.05) is 12.1 Å². The molecule has 2 N–H and O–H groups in total. The first kappa shape index (κ1) is 12.7. The summed E-state index contributed by atoms with van der Waals surface area (Å²) in [6.45, 7) is 0. The zero-order valence-corrected chi connectivity index (χ0v) is 12.2. The van der Waals surface area contributed by atoms with Crippen LogP contribution in [0.5, 0.6) is 0 Å². The van der Waals surface area contributed by atoms with Crippen molar-refractivity contribution in [2.45, 2.75) is 25.3 Å². The number of nitrogens with one attached hydrogen (secondary N) is 2. The minimum Gasteiger partial charge on any atom is -0.377 e. The van der Waals surface area contributed by atoms with Gasteiger partial charge in [0.2, 0.25) is 5.91 Å². The number of carbonyl (C=O) groups excluding carboxylic acids is 1. The summed E-state index contributed by atoms with van der Waals surface area (Å²) in [5.41, 5.74) is 5.52. The first-order valence-corrected chi connectivity index (χ1v) is 7.55. The Balaban J connectivity index is 1.64. The molecule has 0 saturated heterocycles. The number of fused-ring (bicyclic) bond motifs is 2. The minimum absolute atomic E-state index is 0.0319. The van der Waals surface area contributed by atoms with Crippen molar-refractivity contribution < 1.29 is 4.79 Å². The second-order valence-corrected chi connectivity index (χ2v) is 6.06. The molecule has 0 radical (unpaired) electrons. The van der Waals surface area contributed by atoms with Gasteiger partial charge in [-0.05, 0) is 41.7 Å². The van der Waals surface area contributed by atoms with Gasteiger partial charge >= 0.3 is 0 Å². The average Bonchev–Trinajstić information content (AvgIpc) is 3.02. The Kier molecular flexibility index (Phi) is 2.89. The predicted molar refractivity (Wildman–Crippen MR) is 84.9 cm³/mol. The molecule has 2 aliphatic rings. The molecule has 1 aliphatic carbocycles. The summed E-state index contributed by atoms with van der Waals surface area (Å²) in [4.78, 5) is 11.5. The molecule has 1 amide bonds. The summed E-state index contributed by atoms with van der Waals surface area (Å²) in [6.07, 6.45) is 2.60. The second kappa shape index (κ2) is 4.78. The zero-order valence-electron chi connectivity index (χ0n) is 11.4. The lowest BCUT2D eigenvalue weighted by Crippen LogP contribution is -2.07. The van der Waals surface area contributed by atoms with Crippen molar-refractivity contribution in [3.05, 3.63) is 58.1 Å². The first-order chi connectivity index (χ1) is 10.2. The third kappa shape index (κ3) is 2.18. The molecule has 4 rings (SSSR count). The van der Waals surface area contributed by atoms with E-state index in [1.54, 1.807) is 0 Å². The SMILES string of the molecule is O=C1Cc2cc(NC3CCc4ccccc43)c(Cl)cc2N1. The topological polar surface area (TPSA) is 41.1 Å². The number of amides is 1. The quantitative estimate of drug-likeness (QED) is 0.882. The first-order valence-electron chi connectivity index (χ1n) is 7.17. The molecule has 0 aromatic heterocycles. The lowest BCUT2D eigenvalue weighted by atomic mass is 10.1. The third-order valence-electron chi connectivity index (χ3n) is 4.28. The Labute approximate surface area is 128 Å². The van der Waals surface area contributed by atoms with Crippen LogP contribution in [-0.4, -0.2) is 5.91 Å². The third-order valence-corrected chi connectivity index (χ3v) is 4.59. The van der Waals surface area contributed by atoms with Gasteiger partial charge in [0.1, 0.15) is 0 Å². The van der Waals surface area contributed by atoms with Gasteiger partial charge in [0.25, 0.3) is 0 Å². The highest BCUT2D eigenvalue weighted by molar-refractivity contribution is 6.33. The van der Waals surface area contributed by atoms with Gasteiger partial charge in [-0.2, -0.15) is 0 Å². The van der Waals surface area contributed by atoms with Crippen LogP contribution in [0.1, 0.15) is 29.2 Å². The second-order valence-electron chi connectivity index (χ2n) is 5.65. The Bertz CT molecular complexity index is 742. The lowest BCUT2D eigenvalue weighted by molar-refractivity contribution is -0.115. The van der Waals surface area contributed by atoms with Crippen LogP contribution in [0.25, 0.3) is 0 Å². The number of benzene rings is 2. The smallest absolute Gasteiger partial charge is 0.228 e. The van der Waals surface area contributed by atoms with Crippen LogP contribution in [0.2, 0.25) is 5.02 Å². The van der Waals surface area contributed by atoms with Gasteiger partial charge in [0.15, 0.2) is 0 Å². The van der Waals surface area contributed by atoms with E-state index in [1.165, 1.54) is 11.1 Å². The van der Waals surface area contributed by atoms with Crippen LogP contribution in [-0.2, 0) is 17.6 Å². The van der Waals surface area contributed by atoms with E-state index >= 15 is 0 Å². The van der Waals surface area contributed by atoms with Crippen LogP contribution in [0, 0.1) is 0 Å². The van der Waals surface area contributed by atoms with Crippen molar-refractivity contribution >= 4 is 28.9 Å². The molecule has 0 fully saturated rings. The molecule has 2 aromatic carbocycles. The molecule has 106 valence electrons. The van der Waals surface area contributed by atoms with Crippen LogP contribution < -0.4 is 10.6 Å². The van der Waals surface area contributed by atoms with Gasteiger partial charge in [-0.25, -0.2) is 0 Å².